The van der Waals surface area contributed by atoms with Gasteiger partial charge in [-0.25, -0.2) is 0 Å². The molecule has 3 aliphatic rings. The van der Waals surface area contributed by atoms with E-state index in [1.807, 2.05) is 0 Å². The van der Waals surface area contributed by atoms with Crippen LogP contribution in [0.2, 0.25) is 0 Å². The Hall–Kier alpha value is -0.830. The van der Waals surface area contributed by atoms with Crippen LogP contribution in [0.5, 0.6) is 0 Å². The number of hydrogen-bond donors (Lipinski definition) is 1. The van der Waals surface area contributed by atoms with Crippen molar-refractivity contribution in [3.05, 3.63) is 12.2 Å². The summed E-state index contributed by atoms with van der Waals surface area (Å²) in [5.41, 5.74) is 5.94. The third-order valence-electron chi connectivity index (χ3n) is 5.55. The third-order valence-corrected chi connectivity index (χ3v) is 5.55. The van der Waals surface area contributed by atoms with Crippen LogP contribution in [-0.4, -0.2) is 27.9 Å². The van der Waals surface area contributed by atoms with Crippen molar-refractivity contribution in [2.45, 2.75) is 70.5 Å². The number of fused-ring (bicyclic) bond motifs is 2. The Morgan fingerprint density at radius 1 is 1.10 bits per heavy atom. The lowest BCUT2D eigenvalue weighted by atomic mass is 9.75. The molecule has 0 aromatic heterocycles. The van der Waals surface area contributed by atoms with Crippen molar-refractivity contribution in [1.29, 1.82) is 0 Å². The van der Waals surface area contributed by atoms with Gasteiger partial charge in [0.2, 0.25) is 5.91 Å². The molecule has 112 valence electrons. The smallest absolute Gasteiger partial charge is 0.227 e. The van der Waals surface area contributed by atoms with Gasteiger partial charge >= 0.3 is 0 Å². The first-order valence-corrected chi connectivity index (χ1v) is 7.99. The lowest BCUT2D eigenvalue weighted by molar-refractivity contribution is -0.155. The van der Waals surface area contributed by atoms with Gasteiger partial charge in [-0.15, -0.1) is 0 Å². The van der Waals surface area contributed by atoms with Crippen molar-refractivity contribution >= 4 is 5.91 Å². The first-order chi connectivity index (χ1) is 9.21. The molecule has 3 rings (SSSR count). The number of carbonyl (C=O) groups is 1. The van der Waals surface area contributed by atoms with Crippen LogP contribution >= 0.6 is 0 Å². The molecule has 3 nitrogen and oxygen atoms in total. The predicted molar refractivity (Wildman–Crippen MR) is 81.1 cm³/mol. The average molecular weight is 276 g/mol. The topological polar surface area (TPSA) is 46.3 Å². The fourth-order valence-electron chi connectivity index (χ4n) is 5.18. The number of likely N-dealkylation sites (tertiary alicyclic amines) is 1. The summed E-state index contributed by atoms with van der Waals surface area (Å²) < 4.78 is 0. The Morgan fingerprint density at radius 2 is 1.70 bits per heavy atom. The van der Waals surface area contributed by atoms with E-state index >= 15 is 0 Å². The molecule has 2 N–H and O–H groups in total. The third kappa shape index (κ3) is 2.11. The quantitative estimate of drug-likeness (QED) is 0.749. The highest BCUT2D eigenvalue weighted by Gasteiger charge is 2.51. The van der Waals surface area contributed by atoms with Gasteiger partial charge in [0.25, 0.3) is 0 Å². The number of nitrogens with two attached hydrogens (primary N) is 1. The summed E-state index contributed by atoms with van der Waals surface area (Å²) in [6, 6.07) is 0.198. The van der Waals surface area contributed by atoms with Crippen molar-refractivity contribution in [2.24, 2.45) is 23.5 Å². The van der Waals surface area contributed by atoms with Crippen LogP contribution in [0.3, 0.4) is 0 Å². The molecule has 20 heavy (non-hydrogen) atoms. The minimum atomic E-state index is -0.135. The standard InChI is InChI=1S/C17H28N2O/c1-16(2)9-13(18)10-17(3,4)19(16)15(20)14-8-11-5-6-12(14)7-11/h5-6,11-14H,7-10,18H2,1-4H3. The molecule has 1 amide bonds. The second kappa shape index (κ2) is 4.33. The minimum Gasteiger partial charge on any atom is -0.332 e. The molecular formula is C17H28N2O. The zero-order chi connectivity index (χ0) is 14.7. The molecule has 2 fully saturated rings. The predicted octanol–water partition coefficient (Wildman–Crippen LogP) is 2.71. The number of hydrogen-bond acceptors (Lipinski definition) is 2. The van der Waals surface area contributed by atoms with Crippen LogP contribution in [0.1, 0.15) is 53.4 Å². The summed E-state index contributed by atoms with van der Waals surface area (Å²) in [6.07, 6.45) is 8.61. The Kier molecular flexibility index (Phi) is 3.06. The van der Waals surface area contributed by atoms with Gasteiger partial charge < -0.3 is 10.6 Å². The van der Waals surface area contributed by atoms with Crippen molar-refractivity contribution < 1.29 is 4.79 Å². The molecule has 0 aromatic rings. The second-order valence-electron chi connectivity index (χ2n) is 8.35. The van der Waals surface area contributed by atoms with E-state index in [1.54, 1.807) is 0 Å². The highest BCUT2D eigenvalue weighted by molar-refractivity contribution is 5.82. The zero-order valence-electron chi connectivity index (χ0n) is 13.2. The maximum absolute atomic E-state index is 13.2. The summed E-state index contributed by atoms with van der Waals surface area (Å²) in [7, 11) is 0. The molecule has 1 heterocycles. The fraction of sp³-hybridized carbons (Fsp3) is 0.824. The fourth-order valence-corrected chi connectivity index (χ4v) is 5.18. The first kappa shape index (κ1) is 14.1. The molecule has 0 radical (unpaired) electrons. The maximum Gasteiger partial charge on any atom is 0.227 e. The molecule has 0 aromatic carbocycles. The molecule has 3 unspecified atom stereocenters. The molecule has 1 aliphatic heterocycles. The van der Waals surface area contributed by atoms with E-state index in [4.69, 9.17) is 5.73 Å². The van der Waals surface area contributed by atoms with Gasteiger partial charge in [0.15, 0.2) is 0 Å². The van der Waals surface area contributed by atoms with Gasteiger partial charge in [-0.05, 0) is 65.2 Å². The van der Waals surface area contributed by atoms with Crippen molar-refractivity contribution in [3.8, 4) is 0 Å². The summed E-state index contributed by atoms with van der Waals surface area (Å²) in [5.74, 6) is 1.70. The Bertz CT molecular complexity index is 434. The van der Waals surface area contributed by atoms with Gasteiger partial charge in [0.1, 0.15) is 0 Å². The van der Waals surface area contributed by atoms with Crippen molar-refractivity contribution in [3.63, 3.8) is 0 Å². The van der Waals surface area contributed by atoms with E-state index in [0.29, 0.717) is 17.7 Å². The van der Waals surface area contributed by atoms with E-state index in [9.17, 15) is 4.79 Å². The lowest BCUT2D eigenvalue weighted by Crippen LogP contribution is -2.66. The normalized spacial score (nSPS) is 38.5. The van der Waals surface area contributed by atoms with Crippen LogP contribution in [0.15, 0.2) is 12.2 Å². The van der Waals surface area contributed by atoms with Gasteiger partial charge in [-0.3, -0.25) is 4.79 Å². The first-order valence-electron chi connectivity index (χ1n) is 7.99. The van der Waals surface area contributed by atoms with Crippen LogP contribution in [0.25, 0.3) is 0 Å². The maximum atomic E-state index is 13.2. The minimum absolute atomic E-state index is 0.135. The van der Waals surface area contributed by atoms with E-state index < -0.39 is 0 Å². The number of carbonyl (C=O) groups excluding carboxylic acids is 1. The Balaban J connectivity index is 1.87. The highest BCUT2D eigenvalue weighted by Crippen LogP contribution is 2.47. The van der Waals surface area contributed by atoms with Gasteiger partial charge in [-0.2, -0.15) is 0 Å². The van der Waals surface area contributed by atoms with Gasteiger partial charge in [0, 0.05) is 23.0 Å². The number of allylic oxidation sites excluding steroid dienone is 2. The molecule has 2 aliphatic carbocycles. The molecular weight excluding hydrogens is 248 g/mol. The molecule has 1 saturated carbocycles. The van der Waals surface area contributed by atoms with Crippen LogP contribution in [-0.2, 0) is 4.79 Å². The molecule has 1 saturated heterocycles. The van der Waals surface area contributed by atoms with Gasteiger partial charge in [0.05, 0.1) is 0 Å². The van der Waals surface area contributed by atoms with Crippen molar-refractivity contribution in [2.75, 3.05) is 0 Å². The van der Waals surface area contributed by atoms with Gasteiger partial charge in [-0.1, -0.05) is 12.2 Å². The SMILES string of the molecule is CC1(C)CC(N)CC(C)(C)N1C(=O)C1CC2C=CC1C2. The zero-order valence-corrected chi connectivity index (χ0v) is 13.2. The number of amides is 1. The van der Waals surface area contributed by atoms with Crippen LogP contribution < -0.4 is 5.73 Å². The number of nitrogens with zero attached hydrogens (tertiary/aromatic N) is 1. The largest absolute Gasteiger partial charge is 0.332 e. The average Bonchev–Trinajstić information content (AvgIpc) is 2.85. The number of rotatable bonds is 1. The summed E-state index contributed by atoms with van der Waals surface area (Å²) >= 11 is 0. The van der Waals surface area contributed by atoms with Crippen molar-refractivity contribution in [1.82, 2.24) is 4.90 Å². The molecule has 3 atom stereocenters. The summed E-state index contributed by atoms with van der Waals surface area (Å²) in [6.45, 7) is 8.70. The Morgan fingerprint density at radius 3 is 2.15 bits per heavy atom. The van der Waals surface area contributed by atoms with E-state index in [2.05, 4.69) is 44.7 Å². The lowest BCUT2D eigenvalue weighted by Gasteiger charge is -2.55. The second-order valence-corrected chi connectivity index (χ2v) is 8.35. The van der Waals surface area contributed by atoms with E-state index in [1.165, 1.54) is 6.42 Å². The van der Waals surface area contributed by atoms with E-state index in [-0.39, 0.29) is 23.0 Å². The number of piperidine rings is 1. The van der Waals surface area contributed by atoms with Crippen LogP contribution in [0.4, 0.5) is 0 Å². The van der Waals surface area contributed by atoms with E-state index in [0.717, 1.165) is 19.3 Å². The molecule has 0 spiro atoms. The monoisotopic (exact) mass is 276 g/mol. The van der Waals surface area contributed by atoms with Crippen LogP contribution in [0, 0.1) is 17.8 Å². The molecule has 2 bridgehead atoms. The summed E-state index contributed by atoms with van der Waals surface area (Å²) in [5, 5.41) is 0. The summed E-state index contributed by atoms with van der Waals surface area (Å²) in [4.78, 5) is 15.3. The Labute approximate surface area is 122 Å². The highest BCUT2D eigenvalue weighted by atomic mass is 16.2. The molecule has 3 heteroatoms.